The first-order valence-corrected chi connectivity index (χ1v) is 12.2. The Hall–Kier alpha value is -5.11. The summed E-state index contributed by atoms with van der Waals surface area (Å²) in [7, 11) is 1.47. The molecule has 0 aliphatic heterocycles. The summed E-state index contributed by atoms with van der Waals surface area (Å²) in [4.78, 5) is 24.8. The first-order chi connectivity index (χ1) is 19.0. The van der Waals surface area contributed by atoms with Crippen molar-refractivity contribution in [1.82, 2.24) is 5.43 Å². The Bertz CT molecular complexity index is 1410. The number of nitrogens with zero attached hydrogens (tertiary/aromatic N) is 1. The fraction of sp³-hybridized carbons (Fsp3) is 0.129. The predicted molar refractivity (Wildman–Crippen MR) is 147 cm³/mol. The van der Waals surface area contributed by atoms with E-state index in [0.29, 0.717) is 35.0 Å². The number of hydrazone groups is 1. The van der Waals surface area contributed by atoms with Crippen LogP contribution in [0.4, 0.5) is 0 Å². The van der Waals surface area contributed by atoms with Crippen LogP contribution in [0.5, 0.6) is 23.0 Å². The molecule has 1 amide bonds. The van der Waals surface area contributed by atoms with Crippen molar-refractivity contribution in [2.45, 2.75) is 19.6 Å². The molecule has 4 aromatic rings. The summed E-state index contributed by atoms with van der Waals surface area (Å²) in [5.41, 5.74) is 4.59. The number of carbonyl (C=O) groups excluding carboxylic acids is 2. The highest BCUT2D eigenvalue weighted by Gasteiger charge is 2.15. The smallest absolute Gasteiger partial charge is 0.343 e. The van der Waals surface area contributed by atoms with E-state index in [1.807, 2.05) is 36.4 Å². The zero-order valence-electron chi connectivity index (χ0n) is 21.6. The summed E-state index contributed by atoms with van der Waals surface area (Å²) in [5.74, 6) is 0.929. The topological polar surface area (TPSA) is 95.5 Å². The molecule has 4 rings (SSSR count). The van der Waals surface area contributed by atoms with Crippen LogP contribution in [0.15, 0.2) is 108 Å². The Morgan fingerprint density at radius 3 is 2.21 bits per heavy atom. The maximum atomic E-state index is 12.4. The van der Waals surface area contributed by atoms with Gasteiger partial charge >= 0.3 is 5.97 Å². The molecule has 0 radical (unpaired) electrons. The zero-order valence-corrected chi connectivity index (χ0v) is 21.6. The third-order valence-corrected chi connectivity index (χ3v) is 5.54. The first-order valence-electron chi connectivity index (χ1n) is 12.2. The number of benzene rings is 4. The van der Waals surface area contributed by atoms with Crippen LogP contribution in [-0.2, 0) is 11.4 Å². The van der Waals surface area contributed by atoms with Gasteiger partial charge in [0.05, 0.1) is 18.9 Å². The largest absolute Gasteiger partial charge is 0.493 e. The molecule has 0 aliphatic carbocycles. The van der Waals surface area contributed by atoms with Gasteiger partial charge < -0.3 is 18.9 Å². The molecule has 0 unspecified atom stereocenters. The third kappa shape index (κ3) is 7.93. The normalized spacial score (nSPS) is 11.4. The second-order valence-corrected chi connectivity index (χ2v) is 8.41. The molecule has 39 heavy (non-hydrogen) atoms. The SMILES string of the molecule is COc1cc(/C=N\NC(=O)[C@@H](C)Oc2ccc(OCc3ccccc3)cc2)ccc1OC(=O)c1ccccc1. The fourth-order valence-electron chi connectivity index (χ4n) is 3.46. The van der Waals surface area contributed by atoms with E-state index in [-0.39, 0.29) is 5.75 Å². The average Bonchev–Trinajstić information content (AvgIpc) is 2.98. The lowest BCUT2D eigenvalue weighted by molar-refractivity contribution is -0.127. The molecule has 0 aliphatic rings. The van der Waals surface area contributed by atoms with Crippen LogP contribution in [0.25, 0.3) is 0 Å². The van der Waals surface area contributed by atoms with Crippen molar-refractivity contribution in [3.63, 3.8) is 0 Å². The molecule has 4 aromatic carbocycles. The van der Waals surface area contributed by atoms with E-state index in [2.05, 4.69) is 10.5 Å². The van der Waals surface area contributed by atoms with Gasteiger partial charge in [0.2, 0.25) is 0 Å². The lowest BCUT2D eigenvalue weighted by atomic mass is 10.2. The zero-order chi connectivity index (χ0) is 27.5. The van der Waals surface area contributed by atoms with Gasteiger partial charge in [-0.05, 0) is 72.6 Å². The van der Waals surface area contributed by atoms with Crippen LogP contribution >= 0.6 is 0 Å². The van der Waals surface area contributed by atoms with Gasteiger partial charge in [0.25, 0.3) is 5.91 Å². The second kappa shape index (κ2) is 13.4. The van der Waals surface area contributed by atoms with Gasteiger partial charge in [-0.2, -0.15) is 5.10 Å². The van der Waals surface area contributed by atoms with Crippen LogP contribution in [0, 0.1) is 0 Å². The number of ether oxygens (including phenoxy) is 4. The molecule has 0 fully saturated rings. The average molecular weight is 525 g/mol. The maximum absolute atomic E-state index is 12.4. The van der Waals surface area contributed by atoms with E-state index in [1.165, 1.54) is 13.3 Å². The summed E-state index contributed by atoms with van der Waals surface area (Å²) in [6.07, 6.45) is 0.669. The number of hydrogen-bond donors (Lipinski definition) is 1. The van der Waals surface area contributed by atoms with E-state index < -0.39 is 18.0 Å². The molecule has 0 aromatic heterocycles. The number of esters is 1. The lowest BCUT2D eigenvalue weighted by Crippen LogP contribution is -2.33. The predicted octanol–water partition coefficient (Wildman–Crippen LogP) is 5.41. The number of nitrogens with one attached hydrogen (secondary N) is 1. The number of methoxy groups -OCH3 is 1. The Balaban J connectivity index is 1.26. The molecule has 0 spiro atoms. The van der Waals surface area contributed by atoms with E-state index in [0.717, 1.165) is 5.56 Å². The minimum absolute atomic E-state index is 0.269. The summed E-state index contributed by atoms with van der Waals surface area (Å²) < 4.78 is 22.3. The van der Waals surface area contributed by atoms with Crippen LogP contribution < -0.4 is 24.4 Å². The van der Waals surface area contributed by atoms with E-state index >= 15 is 0 Å². The van der Waals surface area contributed by atoms with Crippen molar-refractivity contribution < 1.29 is 28.5 Å². The van der Waals surface area contributed by atoms with Gasteiger partial charge in [-0.1, -0.05) is 48.5 Å². The van der Waals surface area contributed by atoms with E-state index in [1.54, 1.807) is 73.7 Å². The molecule has 0 bridgehead atoms. The molecule has 8 nitrogen and oxygen atoms in total. The fourth-order valence-corrected chi connectivity index (χ4v) is 3.46. The number of amides is 1. The first kappa shape index (κ1) is 26.9. The highest BCUT2D eigenvalue weighted by atomic mass is 16.6. The number of carbonyl (C=O) groups is 2. The molecule has 0 saturated heterocycles. The Morgan fingerprint density at radius 1 is 0.846 bits per heavy atom. The molecular formula is C31H28N2O6. The molecular weight excluding hydrogens is 496 g/mol. The van der Waals surface area contributed by atoms with Crippen molar-refractivity contribution in [2.75, 3.05) is 7.11 Å². The summed E-state index contributed by atoms with van der Waals surface area (Å²) in [6.45, 7) is 2.09. The highest BCUT2D eigenvalue weighted by Crippen LogP contribution is 2.28. The second-order valence-electron chi connectivity index (χ2n) is 8.41. The summed E-state index contributed by atoms with van der Waals surface area (Å²) in [6, 6.07) is 30.5. The van der Waals surface area contributed by atoms with Crippen LogP contribution in [0.2, 0.25) is 0 Å². The van der Waals surface area contributed by atoms with Gasteiger partial charge in [-0.15, -0.1) is 0 Å². The Morgan fingerprint density at radius 2 is 1.51 bits per heavy atom. The molecule has 1 atom stereocenters. The highest BCUT2D eigenvalue weighted by molar-refractivity contribution is 5.91. The van der Waals surface area contributed by atoms with Crippen molar-refractivity contribution in [3.05, 3.63) is 120 Å². The van der Waals surface area contributed by atoms with Gasteiger partial charge in [0.15, 0.2) is 17.6 Å². The quantitative estimate of drug-likeness (QED) is 0.122. The monoisotopic (exact) mass is 524 g/mol. The minimum Gasteiger partial charge on any atom is -0.493 e. The van der Waals surface area contributed by atoms with Crippen molar-refractivity contribution in [3.8, 4) is 23.0 Å². The number of rotatable bonds is 11. The standard InChI is InChI=1S/C31H28N2O6/c1-22(38-27-16-14-26(15-17-27)37-21-23-9-5-3-6-10-23)30(34)33-32-20-24-13-18-28(29(19-24)36-2)39-31(35)25-11-7-4-8-12-25/h3-20,22H,21H2,1-2H3,(H,33,34)/b32-20-/t22-/m1/s1. The van der Waals surface area contributed by atoms with Gasteiger partial charge in [0.1, 0.15) is 18.1 Å². The molecule has 0 heterocycles. The molecule has 1 N–H and O–H groups in total. The van der Waals surface area contributed by atoms with Gasteiger partial charge in [-0.25, -0.2) is 10.2 Å². The summed E-state index contributed by atoms with van der Waals surface area (Å²) >= 11 is 0. The minimum atomic E-state index is -0.785. The van der Waals surface area contributed by atoms with Crippen LogP contribution in [0.1, 0.15) is 28.4 Å². The van der Waals surface area contributed by atoms with E-state index in [9.17, 15) is 9.59 Å². The molecule has 0 saturated carbocycles. The Labute approximate surface area is 226 Å². The van der Waals surface area contributed by atoms with Crippen LogP contribution in [-0.4, -0.2) is 31.3 Å². The van der Waals surface area contributed by atoms with Crippen molar-refractivity contribution >= 4 is 18.1 Å². The molecule has 198 valence electrons. The molecule has 8 heteroatoms. The van der Waals surface area contributed by atoms with Gasteiger partial charge in [0, 0.05) is 0 Å². The third-order valence-electron chi connectivity index (χ3n) is 5.54. The summed E-state index contributed by atoms with van der Waals surface area (Å²) in [5, 5.41) is 4.00. The van der Waals surface area contributed by atoms with Crippen molar-refractivity contribution in [1.29, 1.82) is 0 Å². The van der Waals surface area contributed by atoms with Gasteiger partial charge in [-0.3, -0.25) is 4.79 Å². The number of hydrogen-bond acceptors (Lipinski definition) is 7. The van der Waals surface area contributed by atoms with Crippen LogP contribution in [0.3, 0.4) is 0 Å². The maximum Gasteiger partial charge on any atom is 0.343 e. The lowest BCUT2D eigenvalue weighted by Gasteiger charge is -2.13. The Kier molecular flexibility index (Phi) is 9.28. The van der Waals surface area contributed by atoms with Crippen molar-refractivity contribution in [2.24, 2.45) is 5.10 Å². The van der Waals surface area contributed by atoms with E-state index in [4.69, 9.17) is 18.9 Å².